The van der Waals surface area contributed by atoms with Crippen LogP contribution in [0.3, 0.4) is 0 Å². The molecule has 1 unspecified atom stereocenters. The van der Waals surface area contributed by atoms with E-state index in [1.165, 1.54) is 0 Å². The summed E-state index contributed by atoms with van der Waals surface area (Å²) < 4.78 is 1.64. The predicted molar refractivity (Wildman–Crippen MR) is 61.1 cm³/mol. The van der Waals surface area contributed by atoms with Crippen molar-refractivity contribution >= 4 is 0 Å². The number of hydrogen-bond donors (Lipinski definition) is 1. The summed E-state index contributed by atoms with van der Waals surface area (Å²) in [5, 5.41) is 17.6. The zero-order chi connectivity index (χ0) is 11.4. The van der Waals surface area contributed by atoms with Crippen molar-refractivity contribution in [2.24, 2.45) is 0 Å². The van der Waals surface area contributed by atoms with Crippen molar-refractivity contribution < 1.29 is 5.11 Å². The molecule has 0 spiro atoms. The third-order valence-corrected chi connectivity index (χ3v) is 2.26. The van der Waals surface area contributed by atoms with E-state index in [0.717, 1.165) is 5.69 Å². The lowest BCUT2D eigenvalue weighted by Crippen LogP contribution is -1.95. The number of aliphatic hydroxyl groups excluding tert-OH is 1. The molecule has 1 atom stereocenters. The zero-order valence-electron chi connectivity index (χ0n) is 8.82. The lowest BCUT2D eigenvalue weighted by molar-refractivity contribution is 0.176. The van der Waals surface area contributed by atoms with Crippen molar-refractivity contribution in [2.45, 2.75) is 12.5 Å². The van der Waals surface area contributed by atoms with Crippen molar-refractivity contribution in [3.05, 3.63) is 54.9 Å². The normalized spacial score (nSPS) is 12.3. The smallest absolute Gasteiger partial charge is 0.112 e. The number of nitrogens with zero attached hydrogens (tertiary/aromatic N) is 3. The molecule has 0 bridgehead atoms. The van der Waals surface area contributed by atoms with Crippen LogP contribution in [0.5, 0.6) is 0 Å². The molecule has 1 heterocycles. The zero-order valence-corrected chi connectivity index (χ0v) is 8.82. The number of para-hydroxylation sites is 1. The van der Waals surface area contributed by atoms with Crippen molar-refractivity contribution in [1.29, 1.82) is 0 Å². The molecule has 1 aromatic heterocycles. The summed E-state index contributed by atoms with van der Waals surface area (Å²) in [7, 11) is 0. The molecule has 1 N–H and O–H groups in total. The van der Waals surface area contributed by atoms with Crippen LogP contribution in [0, 0.1) is 0 Å². The highest BCUT2D eigenvalue weighted by molar-refractivity contribution is 5.30. The van der Waals surface area contributed by atoms with Crippen LogP contribution < -0.4 is 0 Å². The van der Waals surface area contributed by atoms with E-state index in [1.807, 2.05) is 30.3 Å². The van der Waals surface area contributed by atoms with Gasteiger partial charge in [-0.15, -0.1) is 11.7 Å². The van der Waals surface area contributed by atoms with Crippen molar-refractivity contribution in [3.8, 4) is 5.69 Å². The maximum atomic E-state index is 9.69. The summed E-state index contributed by atoms with van der Waals surface area (Å²) in [6.45, 7) is 3.58. The van der Waals surface area contributed by atoms with E-state index in [4.69, 9.17) is 0 Å². The van der Waals surface area contributed by atoms with E-state index in [-0.39, 0.29) is 0 Å². The van der Waals surface area contributed by atoms with Crippen LogP contribution in [0.1, 0.15) is 18.2 Å². The summed E-state index contributed by atoms with van der Waals surface area (Å²) in [6, 6.07) is 9.65. The summed E-state index contributed by atoms with van der Waals surface area (Å²) in [5.74, 6) is 0. The van der Waals surface area contributed by atoms with Gasteiger partial charge in [0.25, 0.3) is 0 Å². The van der Waals surface area contributed by atoms with Gasteiger partial charge in [-0.1, -0.05) is 29.5 Å². The molecule has 4 nitrogen and oxygen atoms in total. The Kier molecular flexibility index (Phi) is 3.12. The largest absolute Gasteiger partial charge is 0.386 e. The Morgan fingerprint density at radius 3 is 2.81 bits per heavy atom. The van der Waals surface area contributed by atoms with Crippen LogP contribution in [-0.2, 0) is 0 Å². The van der Waals surface area contributed by atoms with Gasteiger partial charge in [0.2, 0.25) is 0 Å². The van der Waals surface area contributed by atoms with Crippen molar-refractivity contribution in [1.82, 2.24) is 15.0 Å². The quantitative estimate of drug-likeness (QED) is 0.792. The second-order valence-corrected chi connectivity index (χ2v) is 3.46. The first-order valence-electron chi connectivity index (χ1n) is 5.08. The molecule has 0 saturated heterocycles. The Bertz CT molecular complexity index is 464. The van der Waals surface area contributed by atoms with Gasteiger partial charge < -0.3 is 5.11 Å². The Morgan fingerprint density at radius 2 is 2.12 bits per heavy atom. The highest BCUT2D eigenvalue weighted by Crippen LogP contribution is 2.15. The highest BCUT2D eigenvalue weighted by Gasteiger charge is 2.10. The fraction of sp³-hybridized carbons (Fsp3) is 0.167. The highest BCUT2D eigenvalue weighted by atomic mass is 16.3. The molecule has 2 rings (SSSR count). The number of aliphatic hydroxyl groups is 1. The van der Waals surface area contributed by atoms with Gasteiger partial charge in [0.1, 0.15) is 11.8 Å². The van der Waals surface area contributed by atoms with E-state index in [2.05, 4.69) is 16.9 Å². The molecule has 0 radical (unpaired) electrons. The molecule has 0 amide bonds. The lowest BCUT2D eigenvalue weighted by atomic mass is 10.2. The van der Waals surface area contributed by atoms with Crippen LogP contribution in [-0.4, -0.2) is 20.1 Å². The second-order valence-electron chi connectivity index (χ2n) is 3.46. The van der Waals surface area contributed by atoms with Gasteiger partial charge in [0, 0.05) is 0 Å². The summed E-state index contributed by atoms with van der Waals surface area (Å²) in [5.41, 5.74) is 1.48. The molecule has 2 aromatic rings. The van der Waals surface area contributed by atoms with E-state index in [0.29, 0.717) is 12.1 Å². The molecule has 4 heteroatoms. The van der Waals surface area contributed by atoms with Crippen LogP contribution >= 0.6 is 0 Å². The summed E-state index contributed by atoms with van der Waals surface area (Å²) >= 11 is 0. The van der Waals surface area contributed by atoms with Crippen LogP contribution in [0.25, 0.3) is 5.69 Å². The number of hydrogen-bond acceptors (Lipinski definition) is 3. The fourth-order valence-electron chi connectivity index (χ4n) is 1.41. The molecular weight excluding hydrogens is 202 g/mol. The topological polar surface area (TPSA) is 50.9 Å². The molecule has 1 aromatic carbocycles. The monoisotopic (exact) mass is 215 g/mol. The Hall–Kier alpha value is -1.94. The Labute approximate surface area is 93.8 Å². The summed E-state index contributed by atoms with van der Waals surface area (Å²) in [4.78, 5) is 0. The van der Waals surface area contributed by atoms with Gasteiger partial charge in [0.15, 0.2) is 0 Å². The maximum Gasteiger partial charge on any atom is 0.112 e. The molecule has 0 fully saturated rings. The van der Waals surface area contributed by atoms with Gasteiger partial charge in [-0.3, -0.25) is 0 Å². The minimum atomic E-state index is -0.630. The van der Waals surface area contributed by atoms with E-state index >= 15 is 0 Å². The van der Waals surface area contributed by atoms with Gasteiger partial charge >= 0.3 is 0 Å². The molecule has 16 heavy (non-hydrogen) atoms. The fourth-order valence-corrected chi connectivity index (χ4v) is 1.41. The lowest BCUT2D eigenvalue weighted by Gasteiger charge is -2.01. The van der Waals surface area contributed by atoms with E-state index in [9.17, 15) is 5.11 Å². The van der Waals surface area contributed by atoms with Crippen LogP contribution in [0.2, 0.25) is 0 Å². The first-order valence-corrected chi connectivity index (χ1v) is 5.08. The van der Waals surface area contributed by atoms with E-state index in [1.54, 1.807) is 17.0 Å². The molecular formula is C12H13N3O. The molecule has 0 aliphatic rings. The molecule has 82 valence electrons. The minimum Gasteiger partial charge on any atom is -0.386 e. The number of benzene rings is 1. The van der Waals surface area contributed by atoms with Crippen molar-refractivity contribution in [3.63, 3.8) is 0 Å². The van der Waals surface area contributed by atoms with Gasteiger partial charge in [-0.2, -0.15) is 0 Å². The SMILES string of the molecule is C=CCC(O)c1cn(-c2ccccc2)nn1. The van der Waals surface area contributed by atoms with Gasteiger partial charge in [0.05, 0.1) is 11.9 Å². The number of aromatic nitrogens is 3. The summed E-state index contributed by atoms with van der Waals surface area (Å²) in [6.07, 6.45) is 3.23. The maximum absolute atomic E-state index is 9.69. The second kappa shape index (κ2) is 4.72. The average Bonchev–Trinajstić information content (AvgIpc) is 2.80. The first-order chi connectivity index (χ1) is 7.81. The third kappa shape index (κ3) is 2.17. The van der Waals surface area contributed by atoms with Gasteiger partial charge in [-0.05, 0) is 18.6 Å². The Balaban J connectivity index is 2.23. The molecule has 0 aliphatic heterocycles. The van der Waals surface area contributed by atoms with Gasteiger partial charge in [-0.25, -0.2) is 4.68 Å². The molecule has 0 aliphatic carbocycles. The average molecular weight is 215 g/mol. The molecule has 0 saturated carbocycles. The Morgan fingerprint density at radius 1 is 1.38 bits per heavy atom. The predicted octanol–water partition coefficient (Wildman–Crippen LogP) is 1.88. The first kappa shape index (κ1) is 10.6. The standard InChI is InChI=1S/C12H13N3O/c1-2-6-12(16)11-9-15(14-13-11)10-7-4-3-5-8-10/h2-5,7-9,12,16H,1,6H2. The van der Waals surface area contributed by atoms with E-state index < -0.39 is 6.10 Å². The minimum absolute atomic E-state index is 0.480. The van der Waals surface area contributed by atoms with Crippen molar-refractivity contribution in [2.75, 3.05) is 0 Å². The third-order valence-electron chi connectivity index (χ3n) is 2.26. The number of rotatable bonds is 4. The van der Waals surface area contributed by atoms with Crippen LogP contribution in [0.15, 0.2) is 49.2 Å². The van der Waals surface area contributed by atoms with Crippen LogP contribution in [0.4, 0.5) is 0 Å².